The maximum atomic E-state index is 8.84. The van der Waals surface area contributed by atoms with Gasteiger partial charge in [0.2, 0.25) is 0 Å². The van der Waals surface area contributed by atoms with Crippen molar-refractivity contribution < 1.29 is 5.11 Å². The van der Waals surface area contributed by atoms with Gasteiger partial charge in [0.1, 0.15) is 0 Å². The van der Waals surface area contributed by atoms with Crippen LogP contribution >= 0.6 is 0 Å². The average molecular weight is 204 g/mol. The zero-order valence-corrected chi connectivity index (χ0v) is 8.95. The minimum Gasteiger partial charge on any atom is -0.396 e. The van der Waals surface area contributed by atoms with Gasteiger partial charge in [-0.1, -0.05) is 6.07 Å². The molecule has 1 aromatic carbocycles. The van der Waals surface area contributed by atoms with Gasteiger partial charge < -0.3 is 10.4 Å². The lowest BCUT2D eigenvalue weighted by Gasteiger charge is -2.09. The van der Waals surface area contributed by atoms with Gasteiger partial charge in [0.25, 0.3) is 0 Å². The highest BCUT2D eigenvalue weighted by Crippen LogP contribution is 2.17. The first-order chi connectivity index (χ1) is 7.29. The van der Waals surface area contributed by atoms with E-state index in [1.807, 2.05) is 25.1 Å². The zero-order valence-electron chi connectivity index (χ0n) is 8.95. The normalized spacial score (nSPS) is 9.67. The fourth-order valence-electron chi connectivity index (χ4n) is 1.41. The largest absolute Gasteiger partial charge is 0.396 e. The van der Waals surface area contributed by atoms with Crippen LogP contribution in [0.3, 0.4) is 0 Å². The molecule has 3 heteroatoms. The Bertz CT molecular complexity index is 355. The van der Waals surface area contributed by atoms with Crippen molar-refractivity contribution in [1.82, 2.24) is 0 Å². The van der Waals surface area contributed by atoms with Crippen molar-refractivity contribution in [3.8, 4) is 6.07 Å². The second kappa shape index (κ2) is 6.05. The Morgan fingerprint density at radius 2 is 2.20 bits per heavy atom. The molecule has 0 aliphatic carbocycles. The van der Waals surface area contributed by atoms with Crippen LogP contribution in [0, 0.1) is 18.3 Å². The topological polar surface area (TPSA) is 56.0 Å². The van der Waals surface area contributed by atoms with E-state index in [-0.39, 0.29) is 6.61 Å². The van der Waals surface area contributed by atoms with E-state index < -0.39 is 0 Å². The minimum absolute atomic E-state index is 0.235. The minimum atomic E-state index is 0.235. The highest BCUT2D eigenvalue weighted by molar-refractivity contribution is 5.57. The number of aliphatic hydroxyl groups excluding tert-OH is 1. The summed E-state index contributed by atoms with van der Waals surface area (Å²) in [5, 5.41) is 20.7. The molecule has 0 saturated heterocycles. The lowest BCUT2D eigenvalue weighted by molar-refractivity contribution is 0.286. The summed E-state index contributed by atoms with van der Waals surface area (Å²) in [7, 11) is 0. The molecule has 3 nitrogen and oxygen atoms in total. The number of hydrogen-bond donors (Lipinski definition) is 2. The summed E-state index contributed by atoms with van der Waals surface area (Å²) in [5.74, 6) is 0. The van der Waals surface area contributed by atoms with Gasteiger partial charge in [-0.15, -0.1) is 0 Å². The first-order valence-electron chi connectivity index (χ1n) is 5.14. The van der Waals surface area contributed by atoms with E-state index in [0.29, 0.717) is 5.56 Å². The van der Waals surface area contributed by atoms with E-state index in [1.54, 1.807) is 0 Å². The number of hydrogen-bond acceptors (Lipinski definition) is 3. The van der Waals surface area contributed by atoms with Gasteiger partial charge in [-0.2, -0.15) is 5.26 Å². The van der Waals surface area contributed by atoms with Crippen LogP contribution in [0.25, 0.3) is 0 Å². The Balaban J connectivity index is 2.58. The van der Waals surface area contributed by atoms with E-state index in [9.17, 15) is 0 Å². The van der Waals surface area contributed by atoms with Crippen molar-refractivity contribution >= 4 is 5.69 Å². The van der Waals surface area contributed by atoms with Gasteiger partial charge >= 0.3 is 0 Å². The van der Waals surface area contributed by atoms with Crippen molar-refractivity contribution in [2.45, 2.75) is 19.8 Å². The third-order valence-corrected chi connectivity index (χ3v) is 2.35. The van der Waals surface area contributed by atoms with Crippen LogP contribution in [0.2, 0.25) is 0 Å². The molecule has 0 saturated carbocycles. The second-order valence-electron chi connectivity index (χ2n) is 3.45. The number of nitrogens with zero attached hydrogens (tertiary/aromatic N) is 1. The van der Waals surface area contributed by atoms with Crippen LogP contribution in [0.4, 0.5) is 5.69 Å². The van der Waals surface area contributed by atoms with Crippen LogP contribution < -0.4 is 5.32 Å². The molecule has 0 unspecified atom stereocenters. The number of nitrogens with one attached hydrogen (secondary N) is 1. The van der Waals surface area contributed by atoms with Crippen molar-refractivity contribution in [2.24, 2.45) is 0 Å². The lowest BCUT2D eigenvalue weighted by atomic mass is 10.1. The third-order valence-electron chi connectivity index (χ3n) is 2.35. The lowest BCUT2D eigenvalue weighted by Crippen LogP contribution is -2.04. The second-order valence-corrected chi connectivity index (χ2v) is 3.45. The van der Waals surface area contributed by atoms with Gasteiger partial charge in [-0.05, 0) is 37.5 Å². The number of rotatable bonds is 5. The van der Waals surface area contributed by atoms with Crippen molar-refractivity contribution in [1.29, 1.82) is 5.26 Å². The Kier molecular flexibility index (Phi) is 4.65. The molecule has 0 amide bonds. The molecule has 0 atom stereocenters. The number of benzene rings is 1. The van der Waals surface area contributed by atoms with Crippen LogP contribution in [-0.2, 0) is 0 Å². The Morgan fingerprint density at radius 3 is 2.87 bits per heavy atom. The van der Waals surface area contributed by atoms with Crippen LogP contribution in [0.15, 0.2) is 18.2 Å². The number of aliphatic hydroxyl groups is 1. The first kappa shape index (κ1) is 11.5. The van der Waals surface area contributed by atoms with E-state index in [4.69, 9.17) is 10.4 Å². The van der Waals surface area contributed by atoms with Crippen molar-refractivity contribution in [3.05, 3.63) is 29.3 Å². The van der Waals surface area contributed by atoms with E-state index in [1.165, 1.54) is 0 Å². The summed E-state index contributed by atoms with van der Waals surface area (Å²) >= 11 is 0. The van der Waals surface area contributed by atoms with E-state index in [0.717, 1.165) is 30.6 Å². The molecule has 15 heavy (non-hydrogen) atoms. The van der Waals surface area contributed by atoms with Crippen molar-refractivity contribution in [2.75, 3.05) is 18.5 Å². The maximum Gasteiger partial charge on any atom is 0.0995 e. The SMILES string of the molecule is Cc1c(C#N)cccc1NCCCCO. The van der Waals surface area contributed by atoms with Crippen LogP contribution in [-0.4, -0.2) is 18.3 Å². The summed E-state index contributed by atoms with van der Waals surface area (Å²) in [4.78, 5) is 0. The maximum absolute atomic E-state index is 8.84. The van der Waals surface area contributed by atoms with Crippen molar-refractivity contribution in [3.63, 3.8) is 0 Å². The highest BCUT2D eigenvalue weighted by atomic mass is 16.2. The molecular weight excluding hydrogens is 188 g/mol. The molecule has 0 aliphatic rings. The van der Waals surface area contributed by atoms with Crippen LogP contribution in [0.1, 0.15) is 24.0 Å². The van der Waals surface area contributed by atoms with Gasteiger partial charge in [0, 0.05) is 18.8 Å². The summed E-state index contributed by atoms with van der Waals surface area (Å²) in [6.45, 7) is 3.00. The van der Waals surface area contributed by atoms with Gasteiger partial charge in [0.15, 0.2) is 0 Å². The monoisotopic (exact) mass is 204 g/mol. The molecule has 1 rings (SSSR count). The molecule has 2 N–H and O–H groups in total. The predicted molar refractivity (Wildman–Crippen MR) is 60.7 cm³/mol. The molecular formula is C12H16N2O. The molecule has 0 spiro atoms. The molecule has 0 fully saturated rings. The molecule has 0 heterocycles. The van der Waals surface area contributed by atoms with E-state index in [2.05, 4.69) is 11.4 Å². The van der Waals surface area contributed by atoms with Crippen LogP contribution in [0.5, 0.6) is 0 Å². The summed E-state index contributed by atoms with van der Waals surface area (Å²) in [5.41, 5.74) is 2.71. The Hall–Kier alpha value is -1.53. The fraction of sp³-hybridized carbons (Fsp3) is 0.417. The summed E-state index contributed by atoms with van der Waals surface area (Å²) < 4.78 is 0. The smallest absolute Gasteiger partial charge is 0.0995 e. The predicted octanol–water partition coefficient (Wildman–Crippen LogP) is 2.05. The number of unbranched alkanes of at least 4 members (excludes halogenated alkanes) is 1. The molecule has 80 valence electrons. The number of anilines is 1. The standard InChI is InChI=1S/C12H16N2O/c1-10-11(9-13)5-4-6-12(10)14-7-2-3-8-15/h4-6,14-15H,2-3,7-8H2,1H3. The molecule has 0 aromatic heterocycles. The van der Waals surface area contributed by atoms with Gasteiger partial charge in [0.05, 0.1) is 11.6 Å². The average Bonchev–Trinajstić information content (AvgIpc) is 2.26. The fourth-order valence-corrected chi connectivity index (χ4v) is 1.41. The van der Waals surface area contributed by atoms with E-state index >= 15 is 0 Å². The Labute approximate surface area is 90.4 Å². The quantitative estimate of drug-likeness (QED) is 0.722. The Morgan fingerprint density at radius 1 is 1.40 bits per heavy atom. The molecule has 0 bridgehead atoms. The summed E-state index contributed by atoms with van der Waals surface area (Å²) in [6.07, 6.45) is 1.75. The third kappa shape index (κ3) is 3.26. The summed E-state index contributed by atoms with van der Waals surface area (Å²) in [6, 6.07) is 7.81. The molecule has 0 aliphatic heterocycles. The first-order valence-corrected chi connectivity index (χ1v) is 5.14. The zero-order chi connectivity index (χ0) is 11.1. The molecule has 0 radical (unpaired) electrons. The van der Waals surface area contributed by atoms with Gasteiger partial charge in [-0.25, -0.2) is 0 Å². The number of nitriles is 1. The van der Waals surface area contributed by atoms with Gasteiger partial charge in [-0.3, -0.25) is 0 Å². The molecule has 1 aromatic rings. The highest BCUT2D eigenvalue weighted by Gasteiger charge is 2.01.